The predicted octanol–water partition coefficient (Wildman–Crippen LogP) is 2.66. The Labute approximate surface area is 145 Å². The molecule has 138 valence electrons. The van der Waals surface area contributed by atoms with Gasteiger partial charge in [-0.15, -0.1) is 0 Å². The number of aliphatic carboxylic acids is 1. The molecule has 1 fully saturated rings. The smallest absolute Gasteiger partial charge is 0.335 e. The van der Waals surface area contributed by atoms with Gasteiger partial charge in [-0.25, -0.2) is 22.0 Å². The van der Waals surface area contributed by atoms with Crippen LogP contribution in [0.25, 0.3) is 5.57 Å². The Morgan fingerprint density at radius 1 is 1.24 bits per heavy atom. The predicted molar refractivity (Wildman–Crippen MR) is 88.5 cm³/mol. The number of allylic oxidation sites excluding steroid dienone is 1. The summed E-state index contributed by atoms with van der Waals surface area (Å²) in [6.07, 6.45) is -1.92. The fourth-order valence-corrected chi connectivity index (χ4v) is 3.96. The van der Waals surface area contributed by atoms with Crippen molar-refractivity contribution in [2.45, 2.75) is 30.1 Å². The number of ether oxygens (including phenoxy) is 1. The van der Waals surface area contributed by atoms with Gasteiger partial charge in [0.15, 0.2) is 9.84 Å². The number of methoxy groups -OCH3 is 1. The molecule has 8 heteroatoms. The minimum atomic E-state index is -3.51. The van der Waals surface area contributed by atoms with Crippen LogP contribution in [0.5, 0.6) is 0 Å². The number of alkyl halides is 2. The number of carboxylic acid groups (broad SMARTS) is 1. The van der Waals surface area contributed by atoms with Gasteiger partial charge in [0.05, 0.1) is 22.8 Å². The molecule has 5 nitrogen and oxygen atoms in total. The second kappa shape index (κ2) is 8.05. The molecule has 25 heavy (non-hydrogen) atoms. The molecular weight excluding hydrogens is 354 g/mol. The Balaban J connectivity index is 2.24. The third-order valence-corrected chi connectivity index (χ3v) is 5.86. The van der Waals surface area contributed by atoms with Crippen LogP contribution in [0.1, 0.15) is 18.4 Å². The van der Waals surface area contributed by atoms with E-state index < -0.39 is 34.1 Å². The van der Waals surface area contributed by atoms with Crippen LogP contribution in [0.2, 0.25) is 0 Å². The van der Waals surface area contributed by atoms with E-state index in [2.05, 4.69) is 0 Å². The number of rotatable bonds is 7. The number of hydrogen-bond acceptors (Lipinski definition) is 4. The molecule has 1 N–H and O–H groups in total. The monoisotopic (exact) mass is 374 g/mol. The molecule has 0 aliphatic heterocycles. The largest absolute Gasteiger partial charge is 0.478 e. The van der Waals surface area contributed by atoms with Crippen LogP contribution in [0.4, 0.5) is 8.78 Å². The van der Waals surface area contributed by atoms with E-state index in [0.29, 0.717) is 0 Å². The number of benzene rings is 1. The molecule has 1 aromatic carbocycles. The van der Waals surface area contributed by atoms with Crippen LogP contribution >= 0.6 is 0 Å². The lowest BCUT2D eigenvalue weighted by atomic mass is 9.99. The molecule has 1 aliphatic rings. The van der Waals surface area contributed by atoms with Gasteiger partial charge in [-0.05, 0) is 36.5 Å². The van der Waals surface area contributed by atoms with Gasteiger partial charge in [-0.2, -0.15) is 0 Å². The first-order valence-electron chi connectivity index (χ1n) is 7.80. The maximum Gasteiger partial charge on any atom is 0.335 e. The minimum Gasteiger partial charge on any atom is -0.478 e. The molecule has 1 saturated carbocycles. The first-order valence-corrected chi connectivity index (χ1v) is 9.45. The molecule has 2 rings (SSSR count). The van der Waals surface area contributed by atoms with Gasteiger partial charge in [-0.3, -0.25) is 0 Å². The normalized spacial score (nSPS) is 24.4. The van der Waals surface area contributed by atoms with Gasteiger partial charge < -0.3 is 9.84 Å². The van der Waals surface area contributed by atoms with E-state index in [1.807, 2.05) is 0 Å². The van der Waals surface area contributed by atoms with E-state index >= 15 is 0 Å². The van der Waals surface area contributed by atoms with Gasteiger partial charge in [-0.1, -0.05) is 18.2 Å². The minimum absolute atomic E-state index is 0.0541. The number of carboxylic acids is 1. The first kappa shape index (κ1) is 19.5. The summed E-state index contributed by atoms with van der Waals surface area (Å²) < 4.78 is 55.4. The second-order valence-electron chi connectivity index (χ2n) is 5.99. The summed E-state index contributed by atoms with van der Waals surface area (Å²) >= 11 is 0. The van der Waals surface area contributed by atoms with Crippen molar-refractivity contribution < 1.29 is 31.8 Å². The Kier molecular flexibility index (Phi) is 6.29. The van der Waals surface area contributed by atoms with Crippen molar-refractivity contribution in [3.8, 4) is 0 Å². The Bertz CT molecular complexity index is 733. The zero-order chi connectivity index (χ0) is 18.6. The Morgan fingerprint density at radius 2 is 1.80 bits per heavy atom. The Morgan fingerprint density at radius 3 is 2.28 bits per heavy atom. The third kappa shape index (κ3) is 4.85. The van der Waals surface area contributed by atoms with Gasteiger partial charge in [0, 0.05) is 7.11 Å². The highest BCUT2D eigenvalue weighted by molar-refractivity contribution is 7.91. The molecule has 0 bridgehead atoms. The summed E-state index contributed by atoms with van der Waals surface area (Å²) in [5.41, 5.74) is 0.197. The number of hydrogen-bond donors (Lipinski definition) is 1. The van der Waals surface area contributed by atoms with Crippen LogP contribution in [-0.4, -0.2) is 51.3 Å². The summed E-state index contributed by atoms with van der Waals surface area (Å²) in [5, 5.41) is 9.37. The quantitative estimate of drug-likeness (QED) is 0.742. The van der Waals surface area contributed by atoms with Crippen LogP contribution in [-0.2, 0) is 19.4 Å². The summed E-state index contributed by atoms with van der Waals surface area (Å²) in [6, 6.07) is 5.41. The van der Waals surface area contributed by atoms with Gasteiger partial charge in [0.1, 0.15) is 12.3 Å². The first-order chi connectivity index (χ1) is 11.7. The highest BCUT2D eigenvalue weighted by Crippen LogP contribution is 2.33. The standard InChI is InChI=1S/C17H20F2O5S/c1-24-6-7-25(22,23)13-4-2-12(3-5-13)14(17(20)21)8-11-9-15(18)16(19)10-11/h2-5,8,11,15-16H,6-7,9-10H2,1H3,(H,20,21)/b14-8+/t11-,15+,16-. The number of halogens is 2. The van der Waals surface area contributed by atoms with Crippen molar-refractivity contribution in [3.05, 3.63) is 35.9 Å². The maximum absolute atomic E-state index is 13.3. The lowest BCUT2D eigenvalue weighted by molar-refractivity contribution is -0.130. The van der Waals surface area contributed by atoms with E-state index in [0.717, 1.165) is 0 Å². The summed E-state index contributed by atoms with van der Waals surface area (Å²) in [4.78, 5) is 11.5. The lowest BCUT2D eigenvalue weighted by Gasteiger charge is -2.09. The molecule has 1 aliphatic carbocycles. The van der Waals surface area contributed by atoms with Crippen LogP contribution in [0.3, 0.4) is 0 Å². The molecule has 0 unspecified atom stereocenters. The molecule has 0 amide bonds. The second-order valence-corrected chi connectivity index (χ2v) is 8.09. The zero-order valence-electron chi connectivity index (χ0n) is 13.7. The van der Waals surface area contributed by atoms with Crippen LogP contribution < -0.4 is 0 Å². The van der Waals surface area contributed by atoms with E-state index in [9.17, 15) is 27.1 Å². The molecule has 0 heterocycles. The van der Waals surface area contributed by atoms with Crippen molar-refractivity contribution in [1.82, 2.24) is 0 Å². The number of carbonyl (C=O) groups is 1. The molecular formula is C17H20F2O5S. The molecule has 0 saturated heterocycles. The average Bonchev–Trinajstić information content (AvgIpc) is 2.88. The molecule has 0 aromatic heterocycles. The maximum atomic E-state index is 13.3. The molecule has 3 atom stereocenters. The molecule has 0 radical (unpaired) electrons. The average molecular weight is 374 g/mol. The van der Waals surface area contributed by atoms with E-state index in [1.54, 1.807) is 0 Å². The topological polar surface area (TPSA) is 80.7 Å². The zero-order valence-corrected chi connectivity index (χ0v) is 14.5. The van der Waals surface area contributed by atoms with Crippen molar-refractivity contribution in [2.75, 3.05) is 19.5 Å². The van der Waals surface area contributed by atoms with Gasteiger partial charge in [0.25, 0.3) is 0 Å². The summed E-state index contributed by atoms with van der Waals surface area (Å²) in [7, 11) is -2.11. The molecule has 0 spiro atoms. The van der Waals surface area contributed by atoms with Gasteiger partial charge >= 0.3 is 5.97 Å². The van der Waals surface area contributed by atoms with E-state index in [1.165, 1.54) is 37.5 Å². The van der Waals surface area contributed by atoms with Crippen molar-refractivity contribution in [2.24, 2.45) is 5.92 Å². The lowest BCUT2D eigenvalue weighted by Crippen LogP contribution is -2.11. The highest BCUT2D eigenvalue weighted by atomic mass is 32.2. The van der Waals surface area contributed by atoms with Crippen molar-refractivity contribution in [3.63, 3.8) is 0 Å². The van der Waals surface area contributed by atoms with E-state index in [-0.39, 0.29) is 41.2 Å². The number of sulfone groups is 1. The van der Waals surface area contributed by atoms with Crippen LogP contribution in [0, 0.1) is 5.92 Å². The van der Waals surface area contributed by atoms with Crippen molar-refractivity contribution in [1.29, 1.82) is 0 Å². The van der Waals surface area contributed by atoms with E-state index in [4.69, 9.17) is 4.74 Å². The Hall–Kier alpha value is -1.80. The summed E-state index contributed by atoms with van der Waals surface area (Å²) in [6.45, 7) is 0.0564. The van der Waals surface area contributed by atoms with Crippen LogP contribution in [0.15, 0.2) is 35.2 Å². The molecule has 1 aromatic rings. The summed E-state index contributed by atoms with van der Waals surface area (Å²) in [5.74, 6) is -1.91. The fraction of sp³-hybridized carbons (Fsp3) is 0.471. The van der Waals surface area contributed by atoms with Gasteiger partial charge in [0.2, 0.25) is 0 Å². The SMILES string of the molecule is COCCS(=O)(=O)c1ccc(/C(=C\[C@H]2C[C@@H](F)[C@@H](F)C2)C(=O)O)cc1. The third-order valence-electron chi connectivity index (χ3n) is 4.16. The fourth-order valence-electron chi connectivity index (χ4n) is 2.79. The van der Waals surface area contributed by atoms with Crippen molar-refractivity contribution >= 4 is 21.4 Å². The highest BCUT2D eigenvalue weighted by Gasteiger charge is 2.34.